The number of primary amides is 1. The van der Waals surface area contributed by atoms with Gasteiger partial charge in [-0.25, -0.2) is 0 Å². The standard InChI is InChI=1S/C22H21F3N2O2/c1-11-14(3-2-8-27-11)19-17(21(26)29)7-6-16-15-5-4-13(22(23,24)25)9-12(15)10-18(28)20(16)19/h2-3,6-8,12-13,15H,4-5,9-10H2,1H3,(H2,26,29). The van der Waals surface area contributed by atoms with Gasteiger partial charge in [0.15, 0.2) is 5.78 Å². The number of aryl methyl sites for hydroxylation is 1. The largest absolute Gasteiger partial charge is 0.391 e. The van der Waals surface area contributed by atoms with E-state index in [4.69, 9.17) is 5.73 Å². The molecule has 3 atom stereocenters. The zero-order valence-corrected chi connectivity index (χ0v) is 15.9. The lowest BCUT2D eigenvalue weighted by Crippen LogP contribution is -2.36. The summed E-state index contributed by atoms with van der Waals surface area (Å²) in [6.45, 7) is 1.78. The van der Waals surface area contributed by atoms with Crippen molar-refractivity contribution in [2.24, 2.45) is 17.6 Å². The minimum atomic E-state index is -4.23. The maximum absolute atomic E-state index is 13.2. The number of carbonyl (C=O) groups is 2. The summed E-state index contributed by atoms with van der Waals surface area (Å²) in [6.07, 6.45) is -2.17. The Kier molecular flexibility index (Phi) is 4.71. The summed E-state index contributed by atoms with van der Waals surface area (Å²) in [4.78, 5) is 29.5. The molecule has 1 amide bonds. The number of amides is 1. The third-order valence-electron chi connectivity index (χ3n) is 6.35. The van der Waals surface area contributed by atoms with Gasteiger partial charge in [0.05, 0.1) is 5.92 Å². The summed E-state index contributed by atoms with van der Waals surface area (Å²) in [6, 6.07) is 6.79. The summed E-state index contributed by atoms with van der Waals surface area (Å²) in [5.41, 5.74) is 8.73. The molecule has 0 aliphatic heterocycles. The van der Waals surface area contributed by atoms with E-state index in [2.05, 4.69) is 4.98 Å². The third kappa shape index (κ3) is 3.32. The monoisotopic (exact) mass is 402 g/mol. The minimum Gasteiger partial charge on any atom is -0.366 e. The number of fused-ring (bicyclic) bond motifs is 3. The molecule has 152 valence electrons. The van der Waals surface area contributed by atoms with Gasteiger partial charge in [0, 0.05) is 40.6 Å². The number of ketones is 1. The molecule has 29 heavy (non-hydrogen) atoms. The molecule has 4 nitrogen and oxygen atoms in total. The van der Waals surface area contributed by atoms with E-state index in [-0.39, 0.29) is 42.4 Å². The van der Waals surface area contributed by atoms with Gasteiger partial charge in [-0.2, -0.15) is 13.2 Å². The van der Waals surface area contributed by atoms with E-state index in [1.54, 1.807) is 37.4 Å². The highest BCUT2D eigenvalue weighted by atomic mass is 19.4. The van der Waals surface area contributed by atoms with Crippen LogP contribution in [0, 0.1) is 18.8 Å². The van der Waals surface area contributed by atoms with Crippen LogP contribution in [0.1, 0.15) is 63.6 Å². The van der Waals surface area contributed by atoms with Crippen molar-refractivity contribution < 1.29 is 22.8 Å². The molecule has 1 saturated carbocycles. The van der Waals surface area contributed by atoms with Crippen LogP contribution in [-0.2, 0) is 0 Å². The fourth-order valence-electron chi connectivity index (χ4n) is 5.00. The summed E-state index contributed by atoms with van der Waals surface area (Å²) in [5.74, 6) is -2.70. The Bertz CT molecular complexity index is 1000. The highest BCUT2D eigenvalue weighted by Gasteiger charge is 2.48. The predicted molar refractivity (Wildman–Crippen MR) is 102 cm³/mol. The summed E-state index contributed by atoms with van der Waals surface area (Å²) in [5, 5.41) is 0. The number of alkyl halides is 3. The number of carbonyl (C=O) groups excluding carboxylic acids is 2. The smallest absolute Gasteiger partial charge is 0.366 e. The molecule has 3 unspecified atom stereocenters. The average molecular weight is 402 g/mol. The summed E-state index contributed by atoms with van der Waals surface area (Å²) >= 11 is 0. The average Bonchev–Trinajstić information content (AvgIpc) is 2.66. The number of Topliss-reactive ketones (excluding diaryl/α,β-unsaturated/α-hetero) is 1. The van der Waals surface area contributed by atoms with Crippen molar-refractivity contribution in [1.29, 1.82) is 0 Å². The molecule has 0 radical (unpaired) electrons. The Morgan fingerprint density at radius 2 is 1.93 bits per heavy atom. The zero-order chi connectivity index (χ0) is 20.9. The number of hydrogen-bond acceptors (Lipinski definition) is 3. The lowest BCUT2D eigenvalue weighted by atomic mass is 9.63. The molecular weight excluding hydrogens is 381 g/mol. The number of nitrogens with two attached hydrogens (primary N) is 1. The van der Waals surface area contributed by atoms with E-state index in [1.165, 1.54) is 0 Å². The first-order valence-corrected chi connectivity index (χ1v) is 9.67. The second-order valence-corrected chi connectivity index (χ2v) is 8.00. The third-order valence-corrected chi connectivity index (χ3v) is 6.35. The molecule has 0 saturated heterocycles. The fraction of sp³-hybridized carbons (Fsp3) is 0.409. The number of halogens is 3. The van der Waals surface area contributed by atoms with E-state index < -0.39 is 18.0 Å². The van der Waals surface area contributed by atoms with Crippen molar-refractivity contribution in [2.75, 3.05) is 0 Å². The van der Waals surface area contributed by atoms with E-state index in [9.17, 15) is 22.8 Å². The van der Waals surface area contributed by atoms with Crippen LogP contribution in [0.4, 0.5) is 13.2 Å². The highest BCUT2D eigenvalue weighted by molar-refractivity contribution is 6.11. The molecule has 2 aliphatic rings. The van der Waals surface area contributed by atoms with Gasteiger partial charge in [0.1, 0.15) is 0 Å². The second kappa shape index (κ2) is 6.97. The Labute approximate surface area is 166 Å². The van der Waals surface area contributed by atoms with Gasteiger partial charge < -0.3 is 5.73 Å². The van der Waals surface area contributed by atoms with Gasteiger partial charge in [-0.3, -0.25) is 14.6 Å². The SMILES string of the molecule is Cc1ncccc1-c1c(C(N)=O)ccc2c1C(=O)CC1CC(C(F)(F)F)CCC21. The van der Waals surface area contributed by atoms with Crippen molar-refractivity contribution in [1.82, 2.24) is 4.98 Å². The maximum Gasteiger partial charge on any atom is 0.391 e. The quantitative estimate of drug-likeness (QED) is 0.784. The van der Waals surface area contributed by atoms with E-state index in [0.717, 1.165) is 5.56 Å². The normalized spacial score (nSPS) is 24.0. The van der Waals surface area contributed by atoms with Crippen LogP contribution >= 0.6 is 0 Å². The Balaban J connectivity index is 1.87. The lowest BCUT2D eigenvalue weighted by molar-refractivity contribution is -0.187. The molecule has 1 fully saturated rings. The van der Waals surface area contributed by atoms with Crippen molar-refractivity contribution in [2.45, 2.75) is 44.7 Å². The van der Waals surface area contributed by atoms with Crippen LogP contribution in [0.5, 0.6) is 0 Å². The Morgan fingerprint density at radius 3 is 2.59 bits per heavy atom. The molecule has 1 aromatic heterocycles. The van der Waals surface area contributed by atoms with Gasteiger partial charge in [-0.05, 0) is 55.7 Å². The molecule has 2 aromatic rings. The number of hydrogen-bond donors (Lipinski definition) is 1. The van der Waals surface area contributed by atoms with Crippen molar-refractivity contribution in [3.8, 4) is 11.1 Å². The van der Waals surface area contributed by atoms with Gasteiger partial charge in [-0.1, -0.05) is 12.1 Å². The number of rotatable bonds is 2. The van der Waals surface area contributed by atoms with Crippen LogP contribution < -0.4 is 5.73 Å². The topological polar surface area (TPSA) is 73.0 Å². The summed E-state index contributed by atoms with van der Waals surface area (Å²) < 4.78 is 39.7. The molecule has 7 heteroatoms. The van der Waals surface area contributed by atoms with Crippen LogP contribution in [0.25, 0.3) is 11.1 Å². The van der Waals surface area contributed by atoms with Gasteiger partial charge >= 0.3 is 6.18 Å². The Hall–Kier alpha value is -2.70. The molecule has 1 aromatic carbocycles. The second-order valence-electron chi connectivity index (χ2n) is 8.00. The van der Waals surface area contributed by atoms with Crippen molar-refractivity contribution >= 4 is 11.7 Å². The predicted octanol–water partition coefficient (Wildman–Crippen LogP) is 4.80. The molecule has 2 aliphatic carbocycles. The number of nitrogens with zero attached hydrogens (tertiary/aromatic N) is 1. The van der Waals surface area contributed by atoms with Gasteiger partial charge in [0.2, 0.25) is 5.91 Å². The number of benzene rings is 1. The van der Waals surface area contributed by atoms with Crippen LogP contribution in [0.15, 0.2) is 30.5 Å². The van der Waals surface area contributed by atoms with E-state index in [1.807, 2.05) is 0 Å². The first-order chi connectivity index (χ1) is 13.7. The first-order valence-electron chi connectivity index (χ1n) is 9.67. The fourth-order valence-corrected chi connectivity index (χ4v) is 5.00. The first kappa shape index (κ1) is 19.6. The number of aromatic nitrogens is 1. The zero-order valence-electron chi connectivity index (χ0n) is 15.9. The molecule has 2 N–H and O–H groups in total. The van der Waals surface area contributed by atoms with Crippen LogP contribution in [-0.4, -0.2) is 22.9 Å². The number of pyridine rings is 1. The lowest BCUT2D eigenvalue weighted by Gasteiger charge is -2.41. The van der Waals surface area contributed by atoms with Crippen molar-refractivity contribution in [3.05, 3.63) is 52.8 Å². The highest BCUT2D eigenvalue weighted by Crippen LogP contribution is 2.52. The minimum absolute atomic E-state index is 0.0296. The molecule has 4 rings (SSSR count). The van der Waals surface area contributed by atoms with E-state index in [0.29, 0.717) is 28.8 Å². The molecule has 0 bridgehead atoms. The van der Waals surface area contributed by atoms with Gasteiger partial charge in [-0.15, -0.1) is 0 Å². The Morgan fingerprint density at radius 1 is 1.17 bits per heavy atom. The maximum atomic E-state index is 13.2. The van der Waals surface area contributed by atoms with Crippen molar-refractivity contribution in [3.63, 3.8) is 0 Å². The van der Waals surface area contributed by atoms with Crippen LogP contribution in [0.3, 0.4) is 0 Å². The van der Waals surface area contributed by atoms with Gasteiger partial charge in [0.25, 0.3) is 0 Å². The summed E-state index contributed by atoms with van der Waals surface area (Å²) in [7, 11) is 0. The van der Waals surface area contributed by atoms with Crippen LogP contribution in [0.2, 0.25) is 0 Å². The molecule has 0 spiro atoms. The van der Waals surface area contributed by atoms with E-state index >= 15 is 0 Å². The molecular formula is C22H21F3N2O2. The molecule has 1 heterocycles.